The molecule has 0 fully saturated rings. The summed E-state index contributed by atoms with van der Waals surface area (Å²) in [6.45, 7) is 0.132. The Kier molecular flexibility index (Phi) is 6.89. The van der Waals surface area contributed by atoms with E-state index in [1.165, 1.54) is 0 Å². The predicted octanol–water partition coefficient (Wildman–Crippen LogP) is 4.75. The second-order valence-corrected chi connectivity index (χ2v) is 7.52. The first-order chi connectivity index (χ1) is 13.5. The van der Waals surface area contributed by atoms with Crippen LogP contribution >= 0.6 is 31.9 Å². The average molecular weight is 508 g/mol. The van der Waals surface area contributed by atoms with Crippen molar-refractivity contribution in [2.45, 2.75) is 6.54 Å². The maximum atomic E-state index is 12.3. The lowest BCUT2D eigenvalue weighted by Crippen LogP contribution is -2.23. The van der Waals surface area contributed by atoms with Gasteiger partial charge in [-0.25, -0.2) is 0 Å². The summed E-state index contributed by atoms with van der Waals surface area (Å²) in [6, 6.07) is 15.6. The highest BCUT2D eigenvalue weighted by molar-refractivity contribution is 9.11. The number of ether oxygens (including phenoxy) is 1. The third-order valence-corrected chi connectivity index (χ3v) is 4.78. The Morgan fingerprint density at radius 2 is 1.89 bits per heavy atom. The van der Waals surface area contributed by atoms with Gasteiger partial charge in [-0.05, 0) is 64.5 Å². The Morgan fingerprint density at radius 1 is 1.04 bits per heavy atom. The summed E-state index contributed by atoms with van der Waals surface area (Å²) in [6.07, 6.45) is 1.55. The van der Waals surface area contributed by atoms with Crippen molar-refractivity contribution in [3.8, 4) is 5.75 Å². The summed E-state index contributed by atoms with van der Waals surface area (Å²) in [4.78, 5) is 24.4. The minimum absolute atomic E-state index is 0.158. The van der Waals surface area contributed by atoms with E-state index in [0.29, 0.717) is 29.3 Å². The Morgan fingerprint density at radius 3 is 2.64 bits per heavy atom. The highest BCUT2D eigenvalue weighted by Gasteiger charge is 2.10. The van der Waals surface area contributed by atoms with Crippen LogP contribution in [0.15, 0.2) is 74.2 Å². The van der Waals surface area contributed by atoms with E-state index in [2.05, 4.69) is 42.5 Å². The quantitative estimate of drug-likeness (QED) is 0.483. The van der Waals surface area contributed by atoms with Gasteiger partial charge >= 0.3 is 0 Å². The van der Waals surface area contributed by atoms with E-state index in [9.17, 15) is 9.59 Å². The number of benzene rings is 2. The number of anilines is 1. The number of amides is 2. The van der Waals surface area contributed by atoms with Gasteiger partial charge in [-0.3, -0.25) is 9.59 Å². The van der Waals surface area contributed by atoms with E-state index in [-0.39, 0.29) is 18.4 Å². The largest absolute Gasteiger partial charge is 0.483 e. The van der Waals surface area contributed by atoms with E-state index in [4.69, 9.17) is 9.15 Å². The van der Waals surface area contributed by atoms with Crippen LogP contribution in [0, 0.1) is 0 Å². The van der Waals surface area contributed by atoms with Gasteiger partial charge in [-0.15, -0.1) is 0 Å². The number of halogens is 2. The fourth-order valence-corrected chi connectivity index (χ4v) is 3.51. The zero-order valence-electron chi connectivity index (χ0n) is 14.6. The van der Waals surface area contributed by atoms with E-state index < -0.39 is 0 Å². The van der Waals surface area contributed by atoms with Gasteiger partial charge in [-0.2, -0.15) is 0 Å². The van der Waals surface area contributed by atoms with Crippen LogP contribution in [0.1, 0.15) is 16.1 Å². The van der Waals surface area contributed by atoms with E-state index in [0.717, 1.165) is 8.95 Å². The molecule has 3 aromatic rings. The van der Waals surface area contributed by atoms with Crippen molar-refractivity contribution in [2.75, 3.05) is 11.9 Å². The van der Waals surface area contributed by atoms with Gasteiger partial charge in [0.2, 0.25) is 0 Å². The molecule has 0 saturated heterocycles. The molecular formula is C20H16Br2N2O4. The molecule has 144 valence electrons. The highest BCUT2D eigenvalue weighted by atomic mass is 79.9. The lowest BCUT2D eigenvalue weighted by molar-refractivity contribution is -0.118. The van der Waals surface area contributed by atoms with Crippen LogP contribution in [-0.2, 0) is 11.3 Å². The monoisotopic (exact) mass is 506 g/mol. The van der Waals surface area contributed by atoms with Gasteiger partial charge in [0.25, 0.3) is 11.8 Å². The number of furan rings is 1. The van der Waals surface area contributed by atoms with Crippen LogP contribution < -0.4 is 15.4 Å². The number of hydrogen-bond acceptors (Lipinski definition) is 4. The molecule has 0 unspecified atom stereocenters. The molecule has 0 saturated carbocycles. The fraction of sp³-hybridized carbons (Fsp3) is 0.100. The molecule has 1 heterocycles. The number of carbonyl (C=O) groups is 2. The molecule has 0 spiro atoms. The number of nitrogens with one attached hydrogen (secondary N) is 2. The Balaban J connectivity index is 1.54. The fourth-order valence-electron chi connectivity index (χ4n) is 2.35. The van der Waals surface area contributed by atoms with Crippen LogP contribution in [0.5, 0.6) is 5.75 Å². The summed E-state index contributed by atoms with van der Waals surface area (Å²) in [5.74, 6) is 0.629. The number of hydrogen-bond donors (Lipinski definition) is 2. The van der Waals surface area contributed by atoms with Crippen molar-refractivity contribution in [2.24, 2.45) is 0 Å². The van der Waals surface area contributed by atoms with Crippen LogP contribution in [0.4, 0.5) is 5.69 Å². The minimum Gasteiger partial charge on any atom is -0.483 e. The highest BCUT2D eigenvalue weighted by Crippen LogP contribution is 2.28. The lowest BCUT2D eigenvalue weighted by Gasteiger charge is -2.10. The normalized spacial score (nSPS) is 10.4. The zero-order chi connectivity index (χ0) is 19.9. The Bertz CT molecular complexity index is 974. The van der Waals surface area contributed by atoms with Crippen molar-refractivity contribution in [3.63, 3.8) is 0 Å². The van der Waals surface area contributed by atoms with Crippen LogP contribution in [0.3, 0.4) is 0 Å². The second kappa shape index (κ2) is 9.57. The van der Waals surface area contributed by atoms with Gasteiger partial charge < -0.3 is 19.8 Å². The molecule has 0 bridgehead atoms. The van der Waals surface area contributed by atoms with E-state index >= 15 is 0 Å². The molecule has 0 atom stereocenters. The summed E-state index contributed by atoms with van der Waals surface area (Å²) in [5.41, 5.74) is 0.940. The van der Waals surface area contributed by atoms with Crippen LogP contribution in [0.2, 0.25) is 0 Å². The van der Waals surface area contributed by atoms with Gasteiger partial charge in [0.15, 0.2) is 6.61 Å². The summed E-state index contributed by atoms with van der Waals surface area (Å²) < 4.78 is 12.3. The van der Waals surface area contributed by atoms with Crippen molar-refractivity contribution in [1.29, 1.82) is 0 Å². The first-order valence-electron chi connectivity index (χ1n) is 8.29. The zero-order valence-corrected chi connectivity index (χ0v) is 17.7. The maximum absolute atomic E-state index is 12.3. The molecule has 28 heavy (non-hydrogen) atoms. The lowest BCUT2D eigenvalue weighted by atomic mass is 10.2. The van der Waals surface area contributed by atoms with Crippen molar-refractivity contribution in [3.05, 3.63) is 81.1 Å². The smallest absolute Gasteiger partial charge is 0.262 e. The first kappa shape index (κ1) is 20.2. The molecule has 0 aliphatic rings. The predicted molar refractivity (Wildman–Crippen MR) is 112 cm³/mol. The molecule has 0 aliphatic carbocycles. The van der Waals surface area contributed by atoms with Crippen molar-refractivity contribution < 1.29 is 18.7 Å². The molecule has 2 amide bonds. The molecule has 2 N–H and O–H groups in total. The summed E-state index contributed by atoms with van der Waals surface area (Å²) >= 11 is 6.74. The minimum atomic E-state index is -0.331. The average Bonchev–Trinajstić information content (AvgIpc) is 3.19. The maximum Gasteiger partial charge on any atom is 0.262 e. The van der Waals surface area contributed by atoms with Crippen LogP contribution in [0.25, 0.3) is 0 Å². The topological polar surface area (TPSA) is 80.6 Å². The van der Waals surface area contributed by atoms with Crippen molar-refractivity contribution in [1.82, 2.24) is 5.32 Å². The second-order valence-electron chi connectivity index (χ2n) is 5.75. The van der Waals surface area contributed by atoms with E-state index in [1.807, 2.05) is 12.1 Å². The number of carbonyl (C=O) groups excluding carboxylic acids is 2. The third kappa shape index (κ3) is 5.71. The first-order valence-corrected chi connectivity index (χ1v) is 9.88. The summed E-state index contributed by atoms with van der Waals surface area (Å²) in [5, 5.41) is 5.48. The van der Waals surface area contributed by atoms with Crippen LogP contribution in [-0.4, -0.2) is 18.4 Å². The van der Waals surface area contributed by atoms with Gasteiger partial charge in [0.1, 0.15) is 11.5 Å². The SMILES string of the molecule is O=C(COc1ccc(Br)cc1Br)Nc1cccc(C(=O)NCc2ccco2)c1. The molecule has 0 radical (unpaired) electrons. The van der Waals surface area contributed by atoms with Gasteiger partial charge in [0, 0.05) is 15.7 Å². The molecule has 3 rings (SSSR count). The Hall–Kier alpha value is -2.58. The molecule has 2 aromatic carbocycles. The number of rotatable bonds is 7. The molecule has 8 heteroatoms. The molecule has 0 aliphatic heterocycles. The summed E-state index contributed by atoms with van der Waals surface area (Å²) in [7, 11) is 0. The molecule has 1 aromatic heterocycles. The Labute approximate surface area is 178 Å². The third-order valence-electron chi connectivity index (χ3n) is 3.66. The molecule has 6 nitrogen and oxygen atoms in total. The van der Waals surface area contributed by atoms with Crippen molar-refractivity contribution >= 4 is 49.4 Å². The van der Waals surface area contributed by atoms with Gasteiger partial charge in [0.05, 0.1) is 17.3 Å². The van der Waals surface area contributed by atoms with E-state index in [1.54, 1.807) is 48.7 Å². The standard InChI is InChI=1S/C20H16Br2N2O4/c21-14-6-7-18(17(22)10-14)28-12-19(25)24-15-4-1-3-13(9-15)20(26)23-11-16-5-2-8-27-16/h1-10H,11-12H2,(H,23,26)(H,24,25). The molecular weight excluding hydrogens is 492 g/mol. The van der Waals surface area contributed by atoms with Gasteiger partial charge in [-0.1, -0.05) is 22.0 Å².